The first-order valence-corrected chi connectivity index (χ1v) is 8.12. The van der Waals surface area contributed by atoms with Crippen molar-refractivity contribution in [2.75, 3.05) is 7.05 Å². The molecule has 19 heavy (non-hydrogen) atoms. The van der Waals surface area contributed by atoms with Crippen molar-refractivity contribution in [3.05, 3.63) is 49.9 Å². The fraction of sp³-hybridized carbons (Fsp3) is 0.400. The van der Waals surface area contributed by atoms with Crippen molar-refractivity contribution in [1.82, 2.24) is 10.3 Å². The highest BCUT2D eigenvalue weighted by molar-refractivity contribution is 9.11. The number of halogens is 1. The molecule has 0 amide bonds. The molecule has 0 aliphatic carbocycles. The highest BCUT2D eigenvalue weighted by Crippen LogP contribution is 2.32. The Bertz CT molecular complexity index is 514. The van der Waals surface area contributed by atoms with E-state index in [2.05, 4.69) is 58.3 Å². The molecule has 1 unspecified atom stereocenters. The quantitative estimate of drug-likeness (QED) is 0.879. The zero-order valence-corrected chi connectivity index (χ0v) is 13.9. The summed E-state index contributed by atoms with van der Waals surface area (Å²) in [4.78, 5) is 5.90. The molecule has 2 rings (SSSR count). The van der Waals surface area contributed by atoms with Gasteiger partial charge in [0.15, 0.2) is 0 Å². The number of aryl methyl sites for hydroxylation is 2. The van der Waals surface area contributed by atoms with Crippen LogP contribution in [0.1, 0.15) is 34.7 Å². The Balaban J connectivity index is 2.13. The molecule has 1 N–H and O–H groups in total. The zero-order valence-electron chi connectivity index (χ0n) is 11.5. The van der Waals surface area contributed by atoms with E-state index in [0.717, 1.165) is 18.5 Å². The lowest BCUT2D eigenvalue weighted by Gasteiger charge is -2.14. The predicted molar refractivity (Wildman–Crippen MR) is 85.9 cm³/mol. The average molecular weight is 339 g/mol. The van der Waals surface area contributed by atoms with Crippen LogP contribution in [-0.2, 0) is 12.8 Å². The van der Waals surface area contributed by atoms with Crippen LogP contribution >= 0.6 is 27.3 Å². The standard InChI is InChI=1S/C15H19BrN2S/c1-4-11-5-6-12(18-9-11)8-13(17-3)14-7-10(2)15(16)19-14/h5-7,9,13,17H,4,8H2,1-3H3. The van der Waals surface area contributed by atoms with Gasteiger partial charge in [0.25, 0.3) is 0 Å². The Labute approximate surface area is 127 Å². The second-order valence-corrected chi connectivity index (χ2v) is 7.06. The molecule has 1 atom stereocenters. The van der Waals surface area contributed by atoms with E-state index in [1.165, 1.54) is 19.8 Å². The van der Waals surface area contributed by atoms with Crippen LogP contribution in [0.5, 0.6) is 0 Å². The molecule has 0 radical (unpaired) electrons. The molecule has 4 heteroatoms. The van der Waals surface area contributed by atoms with Crippen molar-refractivity contribution in [2.24, 2.45) is 0 Å². The van der Waals surface area contributed by atoms with Crippen molar-refractivity contribution in [3.8, 4) is 0 Å². The molecule has 0 spiro atoms. The molecule has 0 aliphatic heterocycles. The number of nitrogens with zero attached hydrogens (tertiary/aromatic N) is 1. The van der Waals surface area contributed by atoms with E-state index >= 15 is 0 Å². The molecular formula is C15H19BrN2S. The van der Waals surface area contributed by atoms with Crippen LogP contribution in [0.4, 0.5) is 0 Å². The number of aromatic nitrogens is 1. The molecule has 102 valence electrons. The van der Waals surface area contributed by atoms with Gasteiger partial charge in [0.05, 0.1) is 3.79 Å². The van der Waals surface area contributed by atoms with E-state index in [1.54, 1.807) is 11.3 Å². The third-order valence-electron chi connectivity index (χ3n) is 3.28. The summed E-state index contributed by atoms with van der Waals surface area (Å²) in [6.45, 7) is 4.28. The predicted octanol–water partition coefficient (Wildman–Crippen LogP) is 4.28. The summed E-state index contributed by atoms with van der Waals surface area (Å²) in [6, 6.07) is 6.88. The Morgan fingerprint density at radius 2 is 2.21 bits per heavy atom. The molecule has 2 aromatic heterocycles. The summed E-state index contributed by atoms with van der Waals surface area (Å²) >= 11 is 5.39. The lowest BCUT2D eigenvalue weighted by Crippen LogP contribution is -2.18. The number of hydrogen-bond acceptors (Lipinski definition) is 3. The van der Waals surface area contributed by atoms with Crippen molar-refractivity contribution in [2.45, 2.75) is 32.7 Å². The summed E-state index contributed by atoms with van der Waals surface area (Å²) in [5.74, 6) is 0. The summed E-state index contributed by atoms with van der Waals surface area (Å²) < 4.78 is 1.22. The van der Waals surface area contributed by atoms with Crippen LogP contribution in [0.2, 0.25) is 0 Å². The minimum absolute atomic E-state index is 0.329. The van der Waals surface area contributed by atoms with E-state index in [-0.39, 0.29) is 0 Å². The van der Waals surface area contributed by atoms with Gasteiger partial charge in [-0.2, -0.15) is 0 Å². The summed E-state index contributed by atoms with van der Waals surface area (Å²) in [5.41, 5.74) is 3.73. The molecule has 2 nitrogen and oxygen atoms in total. The van der Waals surface area contributed by atoms with Gasteiger partial charge >= 0.3 is 0 Å². The minimum atomic E-state index is 0.329. The van der Waals surface area contributed by atoms with Crippen LogP contribution < -0.4 is 5.32 Å². The van der Waals surface area contributed by atoms with Crippen LogP contribution in [0.15, 0.2) is 28.2 Å². The SMILES string of the molecule is CCc1ccc(CC(NC)c2cc(C)c(Br)s2)nc1. The maximum absolute atomic E-state index is 4.54. The molecule has 0 aliphatic rings. The molecule has 0 saturated carbocycles. The number of likely N-dealkylation sites (N-methyl/N-ethyl adjacent to an activating group) is 1. The first kappa shape index (κ1) is 14.7. The Hall–Kier alpha value is -0.710. The lowest BCUT2D eigenvalue weighted by molar-refractivity contribution is 0.593. The molecule has 0 bridgehead atoms. The number of nitrogens with one attached hydrogen (secondary N) is 1. The maximum Gasteiger partial charge on any atom is 0.0731 e. The van der Waals surface area contributed by atoms with Gasteiger partial charge in [0.1, 0.15) is 0 Å². The van der Waals surface area contributed by atoms with Crippen molar-refractivity contribution >= 4 is 27.3 Å². The summed E-state index contributed by atoms with van der Waals surface area (Å²) in [7, 11) is 2.01. The van der Waals surface area contributed by atoms with E-state index in [1.807, 2.05) is 13.2 Å². The molecule has 2 aromatic rings. The van der Waals surface area contributed by atoms with Crippen molar-refractivity contribution in [1.29, 1.82) is 0 Å². The van der Waals surface area contributed by atoms with Crippen LogP contribution in [-0.4, -0.2) is 12.0 Å². The van der Waals surface area contributed by atoms with E-state index < -0.39 is 0 Å². The number of rotatable bonds is 5. The van der Waals surface area contributed by atoms with Gasteiger partial charge < -0.3 is 5.32 Å². The average Bonchev–Trinajstić information content (AvgIpc) is 2.76. The molecule has 0 aromatic carbocycles. The van der Waals surface area contributed by atoms with Gasteiger partial charge in [0, 0.05) is 29.2 Å². The first-order chi connectivity index (χ1) is 9.13. The van der Waals surface area contributed by atoms with Crippen molar-refractivity contribution < 1.29 is 0 Å². The molecular weight excluding hydrogens is 320 g/mol. The van der Waals surface area contributed by atoms with Gasteiger partial charge in [0.2, 0.25) is 0 Å². The Morgan fingerprint density at radius 3 is 2.68 bits per heavy atom. The highest BCUT2D eigenvalue weighted by Gasteiger charge is 2.14. The zero-order chi connectivity index (χ0) is 13.8. The second kappa shape index (κ2) is 6.64. The second-order valence-electron chi connectivity index (χ2n) is 4.66. The van der Waals surface area contributed by atoms with Gasteiger partial charge in [-0.05, 0) is 59.6 Å². The Kier molecular flexibility index (Phi) is 5.13. The van der Waals surface area contributed by atoms with Gasteiger partial charge in [-0.3, -0.25) is 4.98 Å². The van der Waals surface area contributed by atoms with E-state index in [9.17, 15) is 0 Å². The minimum Gasteiger partial charge on any atom is -0.312 e. The largest absolute Gasteiger partial charge is 0.312 e. The molecule has 2 heterocycles. The van der Waals surface area contributed by atoms with E-state index in [4.69, 9.17) is 0 Å². The van der Waals surface area contributed by atoms with Crippen LogP contribution in [0.3, 0.4) is 0 Å². The third kappa shape index (κ3) is 3.65. The van der Waals surface area contributed by atoms with Gasteiger partial charge in [-0.1, -0.05) is 13.0 Å². The van der Waals surface area contributed by atoms with Crippen LogP contribution in [0, 0.1) is 6.92 Å². The summed E-state index contributed by atoms with van der Waals surface area (Å²) in [6.07, 6.45) is 3.95. The lowest BCUT2D eigenvalue weighted by atomic mass is 10.1. The molecule has 0 fully saturated rings. The monoisotopic (exact) mass is 338 g/mol. The highest BCUT2D eigenvalue weighted by atomic mass is 79.9. The molecule has 0 saturated heterocycles. The number of pyridine rings is 1. The van der Waals surface area contributed by atoms with Crippen LogP contribution in [0.25, 0.3) is 0 Å². The first-order valence-electron chi connectivity index (χ1n) is 6.51. The number of thiophene rings is 1. The topological polar surface area (TPSA) is 24.9 Å². The maximum atomic E-state index is 4.54. The van der Waals surface area contributed by atoms with Crippen molar-refractivity contribution in [3.63, 3.8) is 0 Å². The van der Waals surface area contributed by atoms with Gasteiger partial charge in [-0.25, -0.2) is 0 Å². The third-order valence-corrected chi connectivity index (χ3v) is 5.53. The number of hydrogen-bond donors (Lipinski definition) is 1. The Morgan fingerprint density at radius 1 is 1.42 bits per heavy atom. The smallest absolute Gasteiger partial charge is 0.0731 e. The fourth-order valence-electron chi connectivity index (χ4n) is 1.99. The summed E-state index contributed by atoms with van der Waals surface area (Å²) in [5, 5.41) is 3.39. The normalized spacial score (nSPS) is 12.6. The van der Waals surface area contributed by atoms with Gasteiger partial charge in [-0.15, -0.1) is 11.3 Å². The van der Waals surface area contributed by atoms with E-state index in [0.29, 0.717) is 6.04 Å². The fourth-order valence-corrected chi connectivity index (χ4v) is 3.68.